The largest absolute Gasteiger partial charge is 0.455 e. The fourth-order valence-corrected chi connectivity index (χ4v) is 3.11. The number of pyridine rings is 1. The summed E-state index contributed by atoms with van der Waals surface area (Å²) in [5, 5.41) is 8.50. The van der Waals surface area contributed by atoms with E-state index in [4.69, 9.17) is 16.3 Å². The first kappa shape index (κ1) is 19.0. The topological polar surface area (TPSA) is 69.0 Å². The molecule has 146 valence electrons. The number of nitrogens with zero attached hydrogens (tertiary/aromatic N) is 3. The molecule has 6 nitrogen and oxygen atoms in total. The van der Waals surface area contributed by atoms with Crippen molar-refractivity contribution in [2.24, 2.45) is 0 Å². The molecule has 4 rings (SSSR count). The third-order valence-corrected chi connectivity index (χ3v) is 4.58. The molecule has 0 bridgehead atoms. The molecule has 0 spiro atoms. The molecule has 7 heteroatoms. The fraction of sp³-hybridized carbons (Fsp3) is 0.136. The molecule has 0 saturated heterocycles. The van der Waals surface area contributed by atoms with Crippen LogP contribution in [0.2, 0.25) is 5.02 Å². The minimum absolute atomic E-state index is 0.184. The number of nitrogens with one attached hydrogen (secondary N) is 1. The molecular formula is C22H19ClN4O2. The normalized spacial score (nSPS) is 11.0. The molecule has 0 aliphatic carbocycles. The lowest BCUT2D eigenvalue weighted by Crippen LogP contribution is -2.13. The lowest BCUT2D eigenvalue weighted by Gasteiger charge is -2.13. The van der Waals surface area contributed by atoms with Crippen molar-refractivity contribution in [3.8, 4) is 11.5 Å². The van der Waals surface area contributed by atoms with Gasteiger partial charge < -0.3 is 10.1 Å². The number of ether oxygens (including phenoxy) is 1. The van der Waals surface area contributed by atoms with E-state index in [0.717, 1.165) is 11.0 Å². The summed E-state index contributed by atoms with van der Waals surface area (Å²) >= 11 is 6.13. The second-order valence-electron chi connectivity index (χ2n) is 6.83. The number of rotatable bonds is 5. The Bertz CT molecular complexity index is 1170. The molecule has 0 aliphatic heterocycles. The highest BCUT2D eigenvalue weighted by atomic mass is 35.5. The Balaban J connectivity index is 1.61. The summed E-state index contributed by atoms with van der Waals surface area (Å²) in [4.78, 5) is 17.3. The van der Waals surface area contributed by atoms with Crippen molar-refractivity contribution in [1.82, 2.24) is 14.8 Å². The van der Waals surface area contributed by atoms with E-state index in [0.29, 0.717) is 27.8 Å². The van der Waals surface area contributed by atoms with Crippen LogP contribution in [0.3, 0.4) is 0 Å². The molecule has 1 N–H and O–H groups in total. The van der Waals surface area contributed by atoms with Gasteiger partial charge in [0.2, 0.25) is 0 Å². The Kier molecular flexibility index (Phi) is 5.18. The molecule has 0 aliphatic rings. The second kappa shape index (κ2) is 7.93. The van der Waals surface area contributed by atoms with Gasteiger partial charge in [0.15, 0.2) is 11.4 Å². The summed E-state index contributed by atoms with van der Waals surface area (Å²) < 4.78 is 7.72. The van der Waals surface area contributed by atoms with Gasteiger partial charge in [0.1, 0.15) is 5.75 Å². The molecule has 0 fully saturated rings. The molecule has 2 aromatic carbocycles. The minimum Gasteiger partial charge on any atom is -0.455 e. The van der Waals surface area contributed by atoms with E-state index in [1.54, 1.807) is 36.7 Å². The van der Waals surface area contributed by atoms with Gasteiger partial charge in [0.05, 0.1) is 17.4 Å². The van der Waals surface area contributed by atoms with Crippen LogP contribution in [0.1, 0.15) is 30.2 Å². The second-order valence-corrected chi connectivity index (χ2v) is 7.27. The molecule has 0 unspecified atom stereocenters. The number of aromatic nitrogens is 3. The highest BCUT2D eigenvalue weighted by molar-refractivity contribution is 6.31. The number of benzene rings is 2. The maximum atomic E-state index is 12.8. The zero-order chi connectivity index (χ0) is 20.4. The number of anilines is 1. The van der Waals surface area contributed by atoms with E-state index in [1.165, 1.54) is 0 Å². The Morgan fingerprint density at radius 2 is 1.90 bits per heavy atom. The molecular weight excluding hydrogens is 388 g/mol. The number of hydrogen-bond acceptors (Lipinski definition) is 4. The standard InChI is InChI=1S/C22H19ClN4O2/c1-14(2)27-21-15(13-25-27)10-16(12-24-21)22(28)26-19-11-17(23)8-9-20(19)29-18-6-4-3-5-7-18/h3-14H,1-2H3,(H,26,28). The van der Waals surface area contributed by atoms with Gasteiger partial charge in [-0.3, -0.25) is 4.79 Å². The summed E-state index contributed by atoms with van der Waals surface area (Å²) in [6.45, 7) is 4.06. The van der Waals surface area contributed by atoms with Crippen molar-refractivity contribution < 1.29 is 9.53 Å². The van der Waals surface area contributed by atoms with Crippen molar-refractivity contribution in [2.45, 2.75) is 19.9 Å². The van der Waals surface area contributed by atoms with Crippen LogP contribution in [-0.2, 0) is 0 Å². The van der Waals surface area contributed by atoms with Crippen LogP contribution in [0.15, 0.2) is 67.0 Å². The van der Waals surface area contributed by atoms with Gasteiger partial charge in [0.25, 0.3) is 5.91 Å². The number of carbonyl (C=O) groups is 1. The lowest BCUT2D eigenvalue weighted by molar-refractivity contribution is 0.102. The van der Waals surface area contributed by atoms with Crippen molar-refractivity contribution >= 4 is 34.2 Å². The van der Waals surface area contributed by atoms with Gasteiger partial charge in [-0.05, 0) is 50.2 Å². The fourth-order valence-electron chi connectivity index (χ4n) is 2.94. The van der Waals surface area contributed by atoms with Crippen molar-refractivity contribution in [3.63, 3.8) is 0 Å². The highest BCUT2D eigenvalue weighted by Gasteiger charge is 2.14. The number of amides is 1. The number of carbonyl (C=O) groups excluding carboxylic acids is 1. The molecule has 2 aromatic heterocycles. The predicted molar refractivity (Wildman–Crippen MR) is 114 cm³/mol. The van der Waals surface area contributed by atoms with Crippen LogP contribution in [0.5, 0.6) is 11.5 Å². The quantitative estimate of drug-likeness (QED) is 0.460. The third kappa shape index (κ3) is 4.07. The van der Waals surface area contributed by atoms with E-state index in [1.807, 2.05) is 48.9 Å². The van der Waals surface area contributed by atoms with Crippen molar-refractivity contribution in [1.29, 1.82) is 0 Å². The van der Waals surface area contributed by atoms with Gasteiger partial charge >= 0.3 is 0 Å². The Labute approximate surface area is 173 Å². The van der Waals surface area contributed by atoms with E-state index >= 15 is 0 Å². The molecule has 0 saturated carbocycles. The number of hydrogen-bond donors (Lipinski definition) is 1. The molecule has 2 heterocycles. The maximum absolute atomic E-state index is 12.8. The van der Waals surface area contributed by atoms with Crippen LogP contribution in [0.4, 0.5) is 5.69 Å². The molecule has 0 radical (unpaired) electrons. The average Bonchev–Trinajstić information content (AvgIpc) is 3.14. The summed E-state index contributed by atoms with van der Waals surface area (Å²) in [6, 6.07) is 16.4. The monoisotopic (exact) mass is 406 g/mol. The molecule has 1 amide bonds. The van der Waals surface area contributed by atoms with Crippen molar-refractivity contribution in [3.05, 3.63) is 77.6 Å². The number of halogens is 1. The Hall–Kier alpha value is -3.38. The Morgan fingerprint density at radius 3 is 2.66 bits per heavy atom. The van der Waals surface area contributed by atoms with Crippen LogP contribution in [0.25, 0.3) is 11.0 Å². The average molecular weight is 407 g/mol. The Morgan fingerprint density at radius 1 is 1.10 bits per heavy atom. The first-order chi connectivity index (χ1) is 14.0. The third-order valence-electron chi connectivity index (χ3n) is 4.35. The van der Waals surface area contributed by atoms with Crippen LogP contribution >= 0.6 is 11.6 Å². The lowest BCUT2D eigenvalue weighted by atomic mass is 10.2. The van der Waals surface area contributed by atoms with Crippen LogP contribution in [0, 0.1) is 0 Å². The predicted octanol–water partition coefficient (Wildman–Crippen LogP) is 5.71. The van der Waals surface area contributed by atoms with Crippen LogP contribution < -0.4 is 10.1 Å². The SMILES string of the molecule is CC(C)n1ncc2cc(C(=O)Nc3cc(Cl)ccc3Oc3ccccc3)cnc21. The summed E-state index contributed by atoms with van der Waals surface area (Å²) in [7, 11) is 0. The summed E-state index contributed by atoms with van der Waals surface area (Å²) in [5.41, 5.74) is 1.64. The first-order valence-corrected chi connectivity index (χ1v) is 9.56. The zero-order valence-corrected chi connectivity index (χ0v) is 16.7. The van der Waals surface area contributed by atoms with Gasteiger partial charge in [-0.2, -0.15) is 5.10 Å². The first-order valence-electron chi connectivity index (χ1n) is 9.18. The molecule has 0 atom stereocenters. The minimum atomic E-state index is -0.308. The highest BCUT2D eigenvalue weighted by Crippen LogP contribution is 2.32. The van der Waals surface area contributed by atoms with E-state index in [-0.39, 0.29) is 11.9 Å². The summed E-state index contributed by atoms with van der Waals surface area (Å²) in [6.07, 6.45) is 3.25. The van der Waals surface area contributed by atoms with Gasteiger partial charge in [0, 0.05) is 22.6 Å². The van der Waals surface area contributed by atoms with E-state index < -0.39 is 0 Å². The number of para-hydroxylation sites is 1. The number of fused-ring (bicyclic) bond motifs is 1. The van der Waals surface area contributed by atoms with E-state index in [9.17, 15) is 4.79 Å². The summed E-state index contributed by atoms with van der Waals surface area (Å²) in [5.74, 6) is 0.849. The smallest absolute Gasteiger partial charge is 0.257 e. The molecule has 29 heavy (non-hydrogen) atoms. The molecule has 4 aromatic rings. The van der Waals surface area contributed by atoms with Crippen LogP contribution in [-0.4, -0.2) is 20.7 Å². The zero-order valence-electron chi connectivity index (χ0n) is 16.0. The van der Waals surface area contributed by atoms with Gasteiger partial charge in [-0.25, -0.2) is 9.67 Å². The van der Waals surface area contributed by atoms with E-state index in [2.05, 4.69) is 15.4 Å². The maximum Gasteiger partial charge on any atom is 0.257 e. The van der Waals surface area contributed by atoms with Gasteiger partial charge in [-0.1, -0.05) is 29.8 Å². The van der Waals surface area contributed by atoms with Crippen molar-refractivity contribution in [2.75, 3.05) is 5.32 Å². The van der Waals surface area contributed by atoms with Gasteiger partial charge in [-0.15, -0.1) is 0 Å².